The number of fused-ring (bicyclic) bond motifs is 1. The zero-order chi connectivity index (χ0) is 23.8. The second-order valence-electron chi connectivity index (χ2n) is 7.60. The number of amides is 1. The highest BCUT2D eigenvalue weighted by molar-refractivity contribution is 7.92. The van der Waals surface area contributed by atoms with E-state index >= 15 is 0 Å². The summed E-state index contributed by atoms with van der Waals surface area (Å²) in [5, 5.41) is 4.85. The number of thiophene rings is 1. The first kappa shape index (κ1) is 23.6. The van der Waals surface area contributed by atoms with Crippen molar-refractivity contribution in [2.75, 3.05) is 15.9 Å². The maximum absolute atomic E-state index is 12.8. The van der Waals surface area contributed by atoms with Crippen LogP contribution < -0.4 is 9.62 Å². The number of hydrogen-bond donors (Lipinski definition) is 1. The van der Waals surface area contributed by atoms with Gasteiger partial charge in [0.2, 0.25) is 10.0 Å². The van der Waals surface area contributed by atoms with Crippen molar-refractivity contribution in [1.29, 1.82) is 0 Å². The monoisotopic (exact) mass is 518 g/mol. The number of benzene rings is 3. The van der Waals surface area contributed by atoms with Gasteiger partial charge in [0, 0.05) is 20.4 Å². The molecule has 0 saturated carbocycles. The largest absolute Gasteiger partial charge is 0.321 e. The minimum atomic E-state index is -3.54. The third kappa shape index (κ3) is 5.33. The molecule has 5 nitrogen and oxygen atoms in total. The minimum Gasteiger partial charge on any atom is -0.321 e. The van der Waals surface area contributed by atoms with Crippen LogP contribution in [0.15, 0.2) is 66.7 Å². The molecule has 1 aromatic heterocycles. The summed E-state index contributed by atoms with van der Waals surface area (Å²) in [5.74, 6) is -0.246. The molecule has 3 aromatic carbocycles. The van der Waals surface area contributed by atoms with Gasteiger partial charge in [0.05, 0.1) is 23.4 Å². The third-order valence-electron chi connectivity index (χ3n) is 5.17. The van der Waals surface area contributed by atoms with E-state index in [1.807, 2.05) is 13.0 Å². The van der Waals surface area contributed by atoms with Crippen LogP contribution >= 0.6 is 34.5 Å². The number of rotatable bonds is 6. The Labute approximate surface area is 206 Å². The molecule has 0 spiro atoms. The molecule has 0 saturated heterocycles. The van der Waals surface area contributed by atoms with Crippen LogP contribution in [0.5, 0.6) is 0 Å². The van der Waals surface area contributed by atoms with E-state index < -0.39 is 10.0 Å². The molecule has 33 heavy (non-hydrogen) atoms. The van der Waals surface area contributed by atoms with E-state index in [0.717, 1.165) is 21.2 Å². The van der Waals surface area contributed by atoms with E-state index in [1.165, 1.54) is 21.9 Å². The van der Waals surface area contributed by atoms with Crippen LogP contribution in [-0.4, -0.2) is 20.6 Å². The smallest absolute Gasteiger partial charge is 0.265 e. The van der Waals surface area contributed by atoms with Gasteiger partial charge in [-0.25, -0.2) is 8.42 Å². The highest BCUT2D eigenvalue weighted by atomic mass is 35.5. The SMILES string of the molecule is Cc1c(Cl)cccc1NC(=O)c1cc2cc(N(Cc3ccc(Cl)cc3)S(C)(=O)=O)ccc2s1. The molecule has 1 heterocycles. The van der Waals surface area contributed by atoms with E-state index in [-0.39, 0.29) is 12.5 Å². The van der Waals surface area contributed by atoms with E-state index in [9.17, 15) is 13.2 Å². The summed E-state index contributed by atoms with van der Waals surface area (Å²) in [7, 11) is -3.54. The molecule has 0 aliphatic rings. The second kappa shape index (κ2) is 9.35. The van der Waals surface area contributed by atoms with Gasteiger partial charge in [-0.1, -0.05) is 41.4 Å². The molecule has 4 rings (SSSR count). The van der Waals surface area contributed by atoms with Crippen LogP contribution in [0.1, 0.15) is 20.8 Å². The highest BCUT2D eigenvalue weighted by Crippen LogP contribution is 2.32. The van der Waals surface area contributed by atoms with E-state index in [2.05, 4.69) is 5.32 Å². The normalized spacial score (nSPS) is 11.5. The molecule has 0 aliphatic carbocycles. The minimum absolute atomic E-state index is 0.174. The van der Waals surface area contributed by atoms with Crippen molar-refractivity contribution in [2.45, 2.75) is 13.5 Å². The zero-order valence-corrected chi connectivity index (χ0v) is 20.9. The van der Waals surface area contributed by atoms with Gasteiger partial charge >= 0.3 is 0 Å². The van der Waals surface area contributed by atoms with Crippen LogP contribution in [0.2, 0.25) is 10.0 Å². The fraction of sp³-hybridized carbons (Fsp3) is 0.125. The van der Waals surface area contributed by atoms with Crippen molar-refractivity contribution in [3.05, 3.63) is 92.8 Å². The standard InChI is InChI=1S/C24H20Cl2N2O3S2/c1-15-20(26)4-3-5-21(15)27-24(29)23-13-17-12-19(10-11-22(17)32-23)28(33(2,30)31)14-16-6-8-18(25)9-7-16/h3-13H,14H2,1-2H3,(H,27,29). The molecule has 0 aliphatic heterocycles. The number of carbonyl (C=O) groups excluding carboxylic acids is 1. The van der Waals surface area contributed by atoms with Crippen LogP contribution in [0, 0.1) is 6.92 Å². The van der Waals surface area contributed by atoms with Crippen molar-refractivity contribution in [1.82, 2.24) is 0 Å². The van der Waals surface area contributed by atoms with Gasteiger partial charge in [0.1, 0.15) is 0 Å². The topological polar surface area (TPSA) is 66.5 Å². The Kier molecular flexibility index (Phi) is 6.68. The average Bonchev–Trinajstić information content (AvgIpc) is 3.19. The van der Waals surface area contributed by atoms with E-state index in [0.29, 0.717) is 26.3 Å². The first-order chi connectivity index (χ1) is 15.6. The fourth-order valence-electron chi connectivity index (χ4n) is 3.38. The number of nitrogens with zero attached hydrogens (tertiary/aromatic N) is 1. The molecule has 0 bridgehead atoms. The molecular formula is C24H20Cl2N2O3S2. The maximum Gasteiger partial charge on any atom is 0.265 e. The number of nitrogens with one attached hydrogen (secondary N) is 1. The summed E-state index contributed by atoms with van der Waals surface area (Å²) < 4.78 is 27.3. The van der Waals surface area contributed by atoms with Crippen molar-refractivity contribution < 1.29 is 13.2 Å². The van der Waals surface area contributed by atoms with Crippen molar-refractivity contribution in [3.8, 4) is 0 Å². The quantitative estimate of drug-likeness (QED) is 0.307. The molecule has 4 aromatic rings. The van der Waals surface area contributed by atoms with Crippen molar-refractivity contribution in [3.63, 3.8) is 0 Å². The molecule has 0 atom stereocenters. The predicted molar refractivity (Wildman–Crippen MR) is 138 cm³/mol. The molecule has 9 heteroatoms. The zero-order valence-electron chi connectivity index (χ0n) is 17.8. The van der Waals surface area contributed by atoms with Gasteiger partial charge in [-0.05, 0) is 72.0 Å². The second-order valence-corrected chi connectivity index (χ2v) is 11.4. The summed E-state index contributed by atoms with van der Waals surface area (Å²) in [6.45, 7) is 2.02. The summed E-state index contributed by atoms with van der Waals surface area (Å²) in [6.07, 6.45) is 1.17. The number of sulfonamides is 1. The van der Waals surface area contributed by atoms with Crippen LogP contribution in [-0.2, 0) is 16.6 Å². The Hall–Kier alpha value is -2.58. The van der Waals surface area contributed by atoms with Gasteiger partial charge < -0.3 is 5.32 Å². The molecule has 0 radical (unpaired) electrons. The highest BCUT2D eigenvalue weighted by Gasteiger charge is 2.20. The van der Waals surface area contributed by atoms with Gasteiger partial charge in [0.25, 0.3) is 5.91 Å². The number of anilines is 2. The molecule has 170 valence electrons. The average molecular weight is 519 g/mol. The molecule has 0 unspecified atom stereocenters. The predicted octanol–water partition coefficient (Wildman–Crippen LogP) is 6.74. The Balaban J connectivity index is 1.63. The Morgan fingerprint density at radius 3 is 2.45 bits per heavy atom. The van der Waals surface area contributed by atoms with Crippen molar-refractivity contribution in [2.24, 2.45) is 0 Å². The summed E-state index contributed by atoms with van der Waals surface area (Å²) >= 11 is 13.4. The van der Waals surface area contributed by atoms with Crippen molar-refractivity contribution >= 4 is 71.9 Å². The Bertz CT molecular complexity index is 1450. The fourth-order valence-corrected chi connectivity index (χ4v) is 5.50. The van der Waals surface area contributed by atoms with Crippen LogP contribution in [0.3, 0.4) is 0 Å². The molecular weight excluding hydrogens is 499 g/mol. The van der Waals surface area contributed by atoms with E-state index in [1.54, 1.807) is 60.7 Å². The molecule has 1 N–H and O–H groups in total. The van der Waals surface area contributed by atoms with Gasteiger partial charge in [-0.2, -0.15) is 0 Å². The summed E-state index contributed by atoms with van der Waals surface area (Å²) in [5.41, 5.74) is 2.78. The lowest BCUT2D eigenvalue weighted by molar-refractivity contribution is 0.103. The third-order valence-corrected chi connectivity index (χ3v) is 8.08. The first-order valence-electron chi connectivity index (χ1n) is 9.94. The van der Waals surface area contributed by atoms with E-state index in [4.69, 9.17) is 23.2 Å². The maximum atomic E-state index is 12.8. The molecule has 1 amide bonds. The summed E-state index contributed by atoms with van der Waals surface area (Å²) in [6, 6.07) is 19.5. The molecule has 0 fully saturated rings. The Morgan fingerprint density at radius 1 is 1.03 bits per heavy atom. The van der Waals surface area contributed by atoms with Gasteiger partial charge in [-0.15, -0.1) is 11.3 Å². The summed E-state index contributed by atoms with van der Waals surface area (Å²) in [4.78, 5) is 13.4. The Morgan fingerprint density at radius 2 is 1.76 bits per heavy atom. The van der Waals surface area contributed by atoms with Gasteiger partial charge in [0.15, 0.2) is 0 Å². The number of hydrogen-bond acceptors (Lipinski definition) is 4. The lowest BCUT2D eigenvalue weighted by Gasteiger charge is -2.22. The number of halogens is 2. The van der Waals surface area contributed by atoms with Gasteiger partial charge in [-0.3, -0.25) is 9.10 Å². The van der Waals surface area contributed by atoms with Crippen LogP contribution in [0.25, 0.3) is 10.1 Å². The van der Waals surface area contributed by atoms with Crippen LogP contribution in [0.4, 0.5) is 11.4 Å². The lowest BCUT2D eigenvalue weighted by Crippen LogP contribution is -2.29. The number of carbonyl (C=O) groups is 1. The lowest BCUT2D eigenvalue weighted by atomic mass is 10.2. The first-order valence-corrected chi connectivity index (χ1v) is 13.4.